The first-order chi connectivity index (χ1) is 8.19. The highest BCUT2D eigenvalue weighted by Crippen LogP contribution is 2.17. The second kappa shape index (κ2) is 5.40. The summed E-state index contributed by atoms with van der Waals surface area (Å²) in [6.07, 6.45) is 0. The van der Waals surface area contributed by atoms with E-state index in [1.807, 2.05) is 32.0 Å². The van der Waals surface area contributed by atoms with E-state index in [0.717, 1.165) is 16.8 Å². The van der Waals surface area contributed by atoms with Crippen molar-refractivity contribution in [1.82, 2.24) is 4.90 Å². The zero-order chi connectivity index (χ0) is 13.9. The number of carbonyl (C=O) groups is 1. The van der Waals surface area contributed by atoms with Crippen molar-refractivity contribution < 1.29 is 9.90 Å². The second-order valence-corrected chi connectivity index (χ2v) is 5.42. The predicted octanol–water partition coefficient (Wildman–Crippen LogP) is 2.54. The number of benzene rings is 1. The summed E-state index contributed by atoms with van der Waals surface area (Å²) >= 11 is 0. The van der Waals surface area contributed by atoms with Crippen molar-refractivity contribution in [1.29, 1.82) is 0 Å². The Kier molecular flexibility index (Phi) is 4.35. The molecular formula is C14H22N2O2. The molecule has 0 saturated carbocycles. The van der Waals surface area contributed by atoms with Crippen molar-refractivity contribution in [2.75, 3.05) is 18.9 Å². The number of likely N-dealkylation sites (N-methyl/N-ethyl adjacent to an activating group) is 1. The van der Waals surface area contributed by atoms with Crippen molar-refractivity contribution >= 4 is 11.7 Å². The summed E-state index contributed by atoms with van der Waals surface area (Å²) < 4.78 is 0. The standard InChI is InChI=1S/C14H22N2O2/c1-10-6-7-11(2)12(8-10)15-13(17)16(5)9-14(3,4)18/h6-8,18H,9H2,1-5H3,(H,15,17). The lowest BCUT2D eigenvalue weighted by Gasteiger charge is -2.26. The fourth-order valence-corrected chi connectivity index (χ4v) is 1.73. The number of rotatable bonds is 3. The van der Waals surface area contributed by atoms with Crippen molar-refractivity contribution in [3.8, 4) is 0 Å². The number of aryl methyl sites for hydroxylation is 2. The van der Waals surface area contributed by atoms with Gasteiger partial charge in [-0.2, -0.15) is 0 Å². The van der Waals surface area contributed by atoms with E-state index in [1.165, 1.54) is 4.90 Å². The van der Waals surface area contributed by atoms with E-state index in [1.54, 1.807) is 20.9 Å². The molecular weight excluding hydrogens is 228 g/mol. The van der Waals surface area contributed by atoms with Crippen LogP contribution in [-0.2, 0) is 0 Å². The number of nitrogens with one attached hydrogen (secondary N) is 1. The molecule has 0 bridgehead atoms. The van der Waals surface area contributed by atoms with Crippen molar-refractivity contribution in [2.24, 2.45) is 0 Å². The van der Waals surface area contributed by atoms with Gasteiger partial charge in [-0.25, -0.2) is 4.79 Å². The summed E-state index contributed by atoms with van der Waals surface area (Å²) in [5.74, 6) is 0. The van der Waals surface area contributed by atoms with E-state index in [2.05, 4.69) is 5.32 Å². The van der Waals surface area contributed by atoms with Crippen molar-refractivity contribution in [3.63, 3.8) is 0 Å². The third kappa shape index (κ3) is 4.37. The molecule has 2 amide bonds. The van der Waals surface area contributed by atoms with E-state index in [0.29, 0.717) is 0 Å². The molecule has 0 atom stereocenters. The average molecular weight is 250 g/mol. The summed E-state index contributed by atoms with van der Waals surface area (Å²) in [6, 6.07) is 5.70. The second-order valence-electron chi connectivity index (χ2n) is 5.42. The molecule has 0 aliphatic carbocycles. The number of urea groups is 1. The number of carbonyl (C=O) groups excluding carboxylic acids is 1. The Hall–Kier alpha value is -1.55. The van der Waals surface area contributed by atoms with Crippen LogP contribution < -0.4 is 5.32 Å². The van der Waals surface area contributed by atoms with E-state index in [4.69, 9.17) is 0 Å². The van der Waals surface area contributed by atoms with Gasteiger partial charge in [0.1, 0.15) is 0 Å². The molecule has 1 aromatic carbocycles. The van der Waals surface area contributed by atoms with Crippen LogP contribution in [0.1, 0.15) is 25.0 Å². The third-order valence-electron chi connectivity index (χ3n) is 2.61. The Balaban J connectivity index is 2.72. The Morgan fingerprint density at radius 3 is 2.56 bits per heavy atom. The third-order valence-corrected chi connectivity index (χ3v) is 2.61. The number of nitrogens with zero attached hydrogens (tertiary/aromatic N) is 1. The summed E-state index contributed by atoms with van der Waals surface area (Å²) in [4.78, 5) is 13.4. The lowest BCUT2D eigenvalue weighted by molar-refractivity contribution is 0.0550. The first kappa shape index (κ1) is 14.5. The molecule has 4 nitrogen and oxygen atoms in total. The monoisotopic (exact) mass is 250 g/mol. The zero-order valence-electron chi connectivity index (χ0n) is 11.7. The number of aliphatic hydroxyl groups is 1. The molecule has 0 radical (unpaired) electrons. The van der Waals surface area contributed by atoms with Crippen molar-refractivity contribution in [2.45, 2.75) is 33.3 Å². The summed E-state index contributed by atoms with van der Waals surface area (Å²) in [5, 5.41) is 12.5. The van der Waals surface area contributed by atoms with Gasteiger partial charge >= 0.3 is 6.03 Å². The molecule has 100 valence electrons. The molecule has 0 spiro atoms. The number of anilines is 1. The highest BCUT2D eigenvalue weighted by molar-refractivity contribution is 5.90. The maximum absolute atomic E-state index is 12.0. The smallest absolute Gasteiger partial charge is 0.321 e. The minimum Gasteiger partial charge on any atom is -0.389 e. The maximum atomic E-state index is 12.0. The van der Waals surface area contributed by atoms with E-state index < -0.39 is 5.60 Å². The lowest BCUT2D eigenvalue weighted by Crippen LogP contribution is -2.41. The van der Waals surface area contributed by atoms with Crippen LogP contribution >= 0.6 is 0 Å². The van der Waals surface area contributed by atoms with Gasteiger partial charge in [-0.3, -0.25) is 0 Å². The quantitative estimate of drug-likeness (QED) is 0.866. The van der Waals surface area contributed by atoms with Crippen LogP contribution in [-0.4, -0.2) is 35.2 Å². The number of hydrogen-bond donors (Lipinski definition) is 2. The van der Waals surface area contributed by atoms with E-state index in [-0.39, 0.29) is 12.6 Å². The van der Waals surface area contributed by atoms with Gasteiger partial charge in [0.15, 0.2) is 0 Å². The molecule has 18 heavy (non-hydrogen) atoms. The van der Waals surface area contributed by atoms with Gasteiger partial charge in [-0.15, -0.1) is 0 Å². The number of amides is 2. The van der Waals surface area contributed by atoms with Crippen LogP contribution in [0.3, 0.4) is 0 Å². The van der Waals surface area contributed by atoms with E-state index >= 15 is 0 Å². The molecule has 1 rings (SSSR count). The summed E-state index contributed by atoms with van der Waals surface area (Å²) in [7, 11) is 1.67. The molecule has 0 aromatic heterocycles. The molecule has 0 fully saturated rings. The van der Waals surface area contributed by atoms with Crippen molar-refractivity contribution in [3.05, 3.63) is 29.3 Å². The summed E-state index contributed by atoms with van der Waals surface area (Å²) in [6.45, 7) is 7.56. The zero-order valence-corrected chi connectivity index (χ0v) is 11.7. The largest absolute Gasteiger partial charge is 0.389 e. The Morgan fingerprint density at radius 2 is 2.00 bits per heavy atom. The van der Waals surface area contributed by atoms with Gasteiger partial charge in [-0.05, 0) is 44.9 Å². The molecule has 2 N–H and O–H groups in total. The average Bonchev–Trinajstić information content (AvgIpc) is 2.21. The van der Waals surface area contributed by atoms with Crippen LogP contribution in [0.4, 0.5) is 10.5 Å². The molecule has 4 heteroatoms. The normalized spacial score (nSPS) is 11.2. The maximum Gasteiger partial charge on any atom is 0.321 e. The molecule has 0 heterocycles. The predicted molar refractivity (Wildman–Crippen MR) is 73.9 cm³/mol. The molecule has 1 aromatic rings. The van der Waals surface area contributed by atoms with Gasteiger partial charge in [0, 0.05) is 12.7 Å². The van der Waals surface area contributed by atoms with Crippen LogP contribution in [0.25, 0.3) is 0 Å². The molecule has 0 saturated heterocycles. The highest BCUT2D eigenvalue weighted by Gasteiger charge is 2.19. The van der Waals surface area contributed by atoms with Gasteiger partial charge in [0.2, 0.25) is 0 Å². The van der Waals surface area contributed by atoms with Gasteiger partial charge in [-0.1, -0.05) is 12.1 Å². The SMILES string of the molecule is Cc1ccc(C)c(NC(=O)N(C)CC(C)(C)O)c1. The lowest BCUT2D eigenvalue weighted by atomic mass is 10.1. The van der Waals surface area contributed by atoms with Gasteiger partial charge < -0.3 is 15.3 Å². The van der Waals surface area contributed by atoms with Gasteiger partial charge in [0.05, 0.1) is 12.1 Å². The van der Waals surface area contributed by atoms with Crippen LogP contribution in [0, 0.1) is 13.8 Å². The van der Waals surface area contributed by atoms with Crippen LogP contribution in [0.5, 0.6) is 0 Å². The molecule has 0 unspecified atom stereocenters. The first-order valence-corrected chi connectivity index (χ1v) is 6.01. The topological polar surface area (TPSA) is 52.6 Å². The highest BCUT2D eigenvalue weighted by atomic mass is 16.3. The minimum atomic E-state index is -0.895. The number of hydrogen-bond acceptors (Lipinski definition) is 2. The first-order valence-electron chi connectivity index (χ1n) is 6.01. The fourth-order valence-electron chi connectivity index (χ4n) is 1.73. The Labute approximate surface area is 109 Å². The Bertz CT molecular complexity index is 436. The Morgan fingerprint density at radius 1 is 1.39 bits per heavy atom. The fraction of sp³-hybridized carbons (Fsp3) is 0.500. The van der Waals surface area contributed by atoms with Gasteiger partial charge in [0.25, 0.3) is 0 Å². The summed E-state index contributed by atoms with van der Waals surface area (Å²) in [5.41, 5.74) is 2.03. The van der Waals surface area contributed by atoms with E-state index in [9.17, 15) is 9.90 Å². The van der Waals surface area contributed by atoms with Crippen LogP contribution in [0.15, 0.2) is 18.2 Å². The van der Waals surface area contributed by atoms with Crippen LogP contribution in [0.2, 0.25) is 0 Å². The molecule has 0 aliphatic rings. The minimum absolute atomic E-state index is 0.217. The molecule has 0 aliphatic heterocycles.